The molecule has 2 aliphatic rings. The van der Waals surface area contributed by atoms with Crippen LogP contribution in [0.15, 0.2) is 54.6 Å². The highest BCUT2D eigenvalue weighted by atomic mass is 32.2. The number of carbonyl (C=O) groups excluding carboxylic acids is 2. The van der Waals surface area contributed by atoms with Gasteiger partial charge in [0.05, 0.1) is 13.7 Å². The van der Waals surface area contributed by atoms with Gasteiger partial charge in [0.2, 0.25) is 5.91 Å². The minimum absolute atomic E-state index is 0.0538. The van der Waals surface area contributed by atoms with Crippen molar-refractivity contribution < 1.29 is 19.1 Å². The maximum atomic E-state index is 13.9. The van der Waals surface area contributed by atoms with E-state index >= 15 is 0 Å². The number of rotatable bonds is 5. The summed E-state index contributed by atoms with van der Waals surface area (Å²) in [7, 11) is 1.37. The Hall–Kier alpha value is -2.31. The number of amides is 1. The molecule has 2 unspecified atom stereocenters. The zero-order valence-electron chi connectivity index (χ0n) is 16.5. The lowest BCUT2D eigenvalue weighted by atomic mass is 9.93. The zero-order valence-corrected chi connectivity index (χ0v) is 17.3. The van der Waals surface area contributed by atoms with Crippen molar-refractivity contribution in [3.05, 3.63) is 71.3 Å². The maximum absolute atomic E-state index is 13.9. The summed E-state index contributed by atoms with van der Waals surface area (Å²) in [6.45, 7) is 0.941. The Labute approximate surface area is 175 Å². The van der Waals surface area contributed by atoms with Gasteiger partial charge in [0.15, 0.2) is 5.54 Å². The molecule has 1 amide bonds. The lowest BCUT2D eigenvalue weighted by Gasteiger charge is -2.40. The van der Waals surface area contributed by atoms with Crippen molar-refractivity contribution in [3.63, 3.8) is 0 Å². The van der Waals surface area contributed by atoms with Crippen molar-refractivity contribution in [1.82, 2.24) is 4.90 Å². The number of methoxy groups -OCH3 is 1. The van der Waals surface area contributed by atoms with E-state index in [4.69, 9.17) is 9.47 Å². The molecule has 0 radical (unpaired) electrons. The Morgan fingerprint density at radius 2 is 1.93 bits per heavy atom. The van der Waals surface area contributed by atoms with Gasteiger partial charge in [0, 0.05) is 19.6 Å². The summed E-state index contributed by atoms with van der Waals surface area (Å²) >= 11 is 1.65. The van der Waals surface area contributed by atoms with Crippen LogP contribution in [-0.2, 0) is 32.0 Å². The molecule has 2 heterocycles. The van der Waals surface area contributed by atoms with Crippen molar-refractivity contribution in [1.29, 1.82) is 0 Å². The topological polar surface area (TPSA) is 55.8 Å². The van der Waals surface area contributed by atoms with E-state index in [1.807, 2.05) is 48.5 Å². The Balaban J connectivity index is 1.74. The second-order valence-electron chi connectivity index (χ2n) is 7.44. The van der Waals surface area contributed by atoms with Crippen LogP contribution in [-0.4, -0.2) is 48.4 Å². The average molecular weight is 412 g/mol. The van der Waals surface area contributed by atoms with E-state index < -0.39 is 11.5 Å². The first-order valence-corrected chi connectivity index (χ1v) is 10.9. The Kier molecular flexibility index (Phi) is 5.92. The summed E-state index contributed by atoms with van der Waals surface area (Å²) in [6.07, 6.45) is 1.39. The first-order chi connectivity index (χ1) is 14.2. The molecule has 0 saturated carbocycles. The van der Waals surface area contributed by atoms with Crippen LogP contribution in [0.2, 0.25) is 0 Å². The van der Waals surface area contributed by atoms with Crippen molar-refractivity contribution in [2.75, 3.05) is 26.1 Å². The first kappa shape index (κ1) is 20.0. The number of carbonyl (C=O) groups is 2. The second kappa shape index (κ2) is 8.59. The highest BCUT2D eigenvalue weighted by Gasteiger charge is 2.52. The molecule has 1 fully saturated rings. The van der Waals surface area contributed by atoms with Gasteiger partial charge in [-0.3, -0.25) is 4.79 Å². The number of esters is 1. The molecule has 0 bridgehead atoms. The Morgan fingerprint density at radius 3 is 2.66 bits per heavy atom. The molecule has 2 atom stereocenters. The number of nitrogens with zero attached hydrogens (tertiary/aromatic N) is 1. The fourth-order valence-corrected chi connectivity index (χ4v) is 5.43. The van der Waals surface area contributed by atoms with Gasteiger partial charge < -0.3 is 14.4 Å². The van der Waals surface area contributed by atoms with Gasteiger partial charge >= 0.3 is 5.97 Å². The molecule has 2 aromatic rings. The smallest absolute Gasteiger partial charge is 0.334 e. The van der Waals surface area contributed by atoms with Crippen LogP contribution in [0.1, 0.15) is 28.4 Å². The molecule has 0 N–H and O–H groups in total. The Morgan fingerprint density at radius 1 is 1.17 bits per heavy atom. The number of benzene rings is 2. The van der Waals surface area contributed by atoms with Crippen LogP contribution < -0.4 is 0 Å². The van der Waals surface area contributed by atoms with E-state index in [-0.39, 0.29) is 17.8 Å². The predicted molar refractivity (Wildman–Crippen MR) is 113 cm³/mol. The number of aryl methyl sites for hydroxylation is 1. The van der Waals surface area contributed by atoms with Gasteiger partial charge in [-0.2, -0.15) is 0 Å². The summed E-state index contributed by atoms with van der Waals surface area (Å²) in [6, 6.07) is 17.9. The number of ether oxygens (including phenoxy) is 2. The van der Waals surface area contributed by atoms with Crippen molar-refractivity contribution in [2.45, 2.75) is 30.2 Å². The Bertz CT molecular complexity index is 879. The molecular weight excluding hydrogens is 386 g/mol. The first-order valence-electron chi connectivity index (χ1n) is 9.87. The summed E-state index contributed by atoms with van der Waals surface area (Å²) in [5, 5.41) is -0.328. The standard InChI is InChI=1S/C23H25NO4S/c1-27-22(26)23(12-13-28-16-23)24(15-17-7-3-2-4-8-17)21(25)20-19-10-6-5-9-18(19)11-14-29-20/h2-10,20H,11-16H2,1H3. The molecular formula is C23H25NO4S. The van der Waals surface area contributed by atoms with Gasteiger partial charge in [-0.25, -0.2) is 4.79 Å². The molecule has 4 rings (SSSR count). The van der Waals surface area contributed by atoms with Crippen LogP contribution in [0.5, 0.6) is 0 Å². The minimum atomic E-state index is -1.09. The molecule has 0 aromatic heterocycles. The van der Waals surface area contributed by atoms with Gasteiger partial charge in [0.1, 0.15) is 5.25 Å². The molecule has 29 heavy (non-hydrogen) atoms. The van der Waals surface area contributed by atoms with E-state index in [1.165, 1.54) is 12.7 Å². The second-order valence-corrected chi connectivity index (χ2v) is 8.65. The van der Waals surface area contributed by atoms with Crippen LogP contribution in [0.25, 0.3) is 0 Å². The lowest BCUT2D eigenvalue weighted by molar-refractivity contribution is -0.163. The number of hydrogen-bond acceptors (Lipinski definition) is 5. The molecule has 0 aliphatic carbocycles. The van der Waals surface area contributed by atoms with E-state index in [9.17, 15) is 9.59 Å². The SMILES string of the molecule is COC(=O)C1(N(Cc2ccccc2)C(=O)C2SCCc3ccccc32)CCOC1. The van der Waals surface area contributed by atoms with Crippen molar-refractivity contribution in [3.8, 4) is 0 Å². The van der Waals surface area contributed by atoms with Crippen molar-refractivity contribution >= 4 is 23.6 Å². The molecule has 1 saturated heterocycles. The lowest BCUT2D eigenvalue weighted by Crippen LogP contribution is -2.58. The average Bonchev–Trinajstić information content (AvgIpc) is 3.27. The number of thioether (sulfide) groups is 1. The summed E-state index contributed by atoms with van der Waals surface area (Å²) in [5.74, 6) is 0.421. The summed E-state index contributed by atoms with van der Waals surface area (Å²) in [5.41, 5.74) is 2.14. The molecule has 6 heteroatoms. The third-order valence-electron chi connectivity index (χ3n) is 5.75. The maximum Gasteiger partial charge on any atom is 0.334 e. The molecule has 5 nitrogen and oxygen atoms in total. The highest BCUT2D eigenvalue weighted by Crippen LogP contribution is 2.41. The van der Waals surface area contributed by atoms with E-state index in [2.05, 4.69) is 6.07 Å². The number of fused-ring (bicyclic) bond motifs is 1. The summed E-state index contributed by atoms with van der Waals surface area (Å²) in [4.78, 5) is 28.5. The summed E-state index contributed by atoms with van der Waals surface area (Å²) < 4.78 is 10.8. The third-order valence-corrected chi connectivity index (χ3v) is 6.98. The molecule has 2 aromatic carbocycles. The van der Waals surface area contributed by atoms with Gasteiger partial charge in [-0.15, -0.1) is 11.8 Å². The van der Waals surface area contributed by atoms with E-state index in [0.29, 0.717) is 19.6 Å². The normalized spacial score (nSPS) is 23.3. The molecule has 152 valence electrons. The van der Waals surface area contributed by atoms with E-state index in [1.54, 1.807) is 16.7 Å². The van der Waals surface area contributed by atoms with Crippen LogP contribution in [0.3, 0.4) is 0 Å². The van der Waals surface area contributed by atoms with Gasteiger partial charge in [0.25, 0.3) is 0 Å². The highest BCUT2D eigenvalue weighted by molar-refractivity contribution is 8.00. The number of hydrogen-bond donors (Lipinski definition) is 0. The molecule has 0 spiro atoms. The van der Waals surface area contributed by atoms with Crippen LogP contribution in [0.4, 0.5) is 0 Å². The monoisotopic (exact) mass is 411 g/mol. The zero-order chi connectivity index (χ0) is 20.3. The van der Waals surface area contributed by atoms with Gasteiger partial charge in [-0.1, -0.05) is 54.6 Å². The van der Waals surface area contributed by atoms with Crippen LogP contribution in [0, 0.1) is 0 Å². The van der Waals surface area contributed by atoms with E-state index in [0.717, 1.165) is 23.3 Å². The quantitative estimate of drug-likeness (QED) is 0.706. The fraction of sp³-hybridized carbons (Fsp3) is 0.391. The fourth-order valence-electron chi connectivity index (χ4n) is 4.17. The van der Waals surface area contributed by atoms with Crippen LogP contribution >= 0.6 is 11.8 Å². The largest absolute Gasteiger partial charge is 0.467 e. The minimum Gasteiger partial charge on any atom is -0.467 e. The molecule has 2 aliphatic heterocycles. The van der Waals surface area contributed by atoms with Gasteiger partial charge in [-0.05, 0) is 28.9 Å². The predicted octanol–water partition coefficient (Wildman–Crippen LogP) is 3.38. The van der Waals surface area contributed by atoms with Crippen molar-refractivity contribution in [2.24, 2.45) is 0 Å². The third kappa shape index (κ3) is 3.79.